The highest BCUT2D eigenvalue weighted by atomic mass is 19.1. The second kappa shape index (κ2) is 5.73. The Morgan fingerprint density at radius 1 is 1.09 bits per heavy atom. The molecule has 0 amide bonds. The molecule has 0 bridgehead atoms. The van der Waals surface area contributed by atoms with Gasteiger partial charge in [0.2, 0.25) is 5.90 Å². The molecule has 0 aromatic heterocycles. The number of nitrogens with zero attached hydrogens (tertiary/aromatic N) is 1. The third-order valence-electron chi connectivity index (χ3n) is 3.02. The van der Waals surface area contributed by atoms with Crippen molar-refractivity contribution in [3.8, 4) is 0 Å². The van der Waals surface area contributed by atoms with E-state index in [9.17, 15) is 14.0 Å². The molecule has 1 heterocycles. The molecule has 2 aromatic carbocycles. The Hall–Kier alpha value is -3.08. The number of esters is 1. The van der Waals surface area contributed by atoms with Crippen molar-refractivity contribution in [1.29, 1.82) is 0 Å². The van der Waals surface area contributed by atoms with Crippen molar-refractivity contribution in [2.75, 3.05) is 0 Å². The first kappa shape index (κ1) is 13.9. The van der Waals surface area contributed by atoms with E-state index in [1.165, 1.54) is 18.2 Å². The molecule has 1 aliphatic rings. The topological polar surface area (TPSA) is 55.7 Å². The lowest BCUT2D eigenvalue weighted by molar-refractivity contribution is -0.130. The third-order valence-corrected chi connectivity index (χ3v) is 3.02. The van der Waals surface area contributed by atoms with Gasteiger partial charge in [-0.05, 0) is 24.3 Å². The molecule has 22 heavy (non-hydrogen) atoms. The van der Waals surface area contributed by atoms with Gasteiger partial charge in [0, 0.05) is 17.2 Å². The second-order valence-electron chi connectivity index (χ2n) is 4.58. The van der Waals surface area contributed by atoms with Crippen molar-refractivity contribution >= 4 is 17.7 Å². The number of ketones is 1. The summed E-state index contributed by atoms with van der Waals surface area (Å²) in [6.45, 7) is 0. The Morgan fingerprint density at radius 2 is 1.86 bits per heavy atom. The number of rotatable bonds is 3. The zero-order chi connectivity index (χ0) is 15.5. The lowest BCUT2D eigenvalue weighted by Crippen LogP contribution is -2.06. The van der Waals surface area contributed by atoms with Crippen LogP contribution in [0.1, 0.15) is 15.9 Å². The Bertz CT molecular complexity index is 810. The van der Waals surface area contributed by atoms with Crippen molar-refractivity contribution in [1.82, 2.24) is 0 Å². The predicted molar refractivity (Wildman–Crippen MR) is 77.9 cm³/mol. The summed E-state index contributed by atoms with van der Waals surface area (Å²) in [7, 11) is 0. The fourth-order valence-corrected chi connectivity index (χ4v) is 1.96. The third kappa shape index (κ3) is 2.83. The van der Waals surface area contributed by atoms with Gasteiger partial charge in [-0.15, -0.1) is 0 Å². The zero-order valence-corrected chi connectivity index (χ0v) is 11.3. The molecular weight excluding hydrogens is 285 g/mol. The fraction of sp³-hybridized carbons (Fsp3) is 0. The Labute approximate surface area is 125 Å². The van der Waals surface area contributed by atoms with E-state index < -0.39 is 17.6 Å². The van der Waals surface area contributed by atoms with Crippen LogP contribution in [0.2, 0.25) is 0 Å². The monoisotopic (exact) mass is 295 g/mol. The van der Waals surface area contributed by atoms with Crippen molar-refractivity contribution in [2.45, 2.75) is 0 Å². The molecule has 2 aromatic rings. The molecule has 0 saturated carbocycles. The van der Waals surface area contributed by atoms with Crippen molar-refractivity contribution < 1.29 is 18.7 Å². The molecule has 0 saturated heterocycles. The van der Waals surface area contributed by atoms with E-state index in [0.717, 1.165) is 12.1 Å². The molecule has 4 nitrogen and oxygen atoms in total. The fourth-order valence-electron chi connectivity index (χ4n) is 1.96. The maximum atomic E-state index is 13.1. The van der Waals surface area contributed by atoms with Crippen LogP contribution >= 0.6 is 0 Å². The van der Waals surface area contributed by atoms with Gasteiger partial charge in [0.05, 0.1) is 0 Å². The van der Waals surface area contributed by atoms with Crippen LogP contribution in [0.3, 0.4) is 0 Å². The van der Waals surface area contributed by atoms with Gasteiger partial charge in [-0.25, -0.2) is 14.2 Å². The summed E-state index contributed by atoms with van der Waals surface area (Å²) in [5, 5.41) is 0. The second-order valence-corrected chi connectivity index (χ2v) is 4.58. The molecule has 1 aliphatic heterocycles. The SMILES string of the molecule is O=C1OC(c2ccccc2)=N/C1=C/C(=O)c1cccc(F)c1. The van der Waals surface area contributed by atoms with Crippen molar-refractivity contribution in [3.05, 3.63) is 83.3 Å². The van der Waals surface area contributed by atoms with E-state index in [1.807, 2.05) is 6.07 Å². The van der Waals surface area contributed by atoms with Crippen LogP contribution in [-0.2, 0) is 9.53 Å². The van der Waals surface area contributed by atoms with Crippen LogP contribution in [0, 0.1) is 5.82 Å². The number of allylic oxidation sites excluding steroid dienone is 1. The van der Waals surface area contributed by atoms with Crippen LogP contribution < -0.4 is 0 Å². The molecule has 0 fully saturated rings. The minimum Gasteiger partial charge on any atom is -0.402 e. The molecule has 3 rings (SSSR count). The number of benzene rings is 2. The Balaban J connectivity index is 1.89. The quantitative estimate of drug-likeness (QED) is 0.497. The number of aliphatic imine (C=N–C) groups is 1. The van der Waals surface area contributed by atoms with Gasteiger partial charge in [0.25, 0.3) is 0 Å². The van der Waals surface area contributed by atoms with E-state index in [4.69, 9.17) is 4.74 Å². The number of carbonyl (C=O) groups is 2. The highest BCUT2D eigenvalue weighted by molar-refractivity contribution is 6.15. The van der Waals surface area contributed by atoms with Crippen LogP contribution in [0.4, 0.5) is 4.39 Å². The first-order chi connectivity index (χ1) is 10.6. The Morgan fingerprint density at radius 3 is 2.59 bits per heavy atom. The van der Waals surface area contributed by atoms with Crippen molar-refractivity contribution in [3.63, 3.8) is 0 Å². The standard InChI is InChI=1S/C17H10FNO3/c18-13-8-4-7-12(9-13)15(20)10-14-17(21)22-16(19-14)11-5-2-1-3-6-11/h1-10H/b14-10+. The number of hydrogen-bond acceptors (Lipinski definition) is 4. The lowest BCUT2D eigenvalue weighted by atomic mass is 10.1. The summed E-state index contributed by atoms with van der Waals surface area (Å²) >= 11 is 0. The summed E-state index contributed by atoms with van der Waals surface area (Å²) in [6, 6.07) is 14.1. The van der Waals surface area contributed by atoms with Crippen LogP contribution in [0.25, 0.3) is 0 Å². The molecule has 0 N–H and O–H groups in total. The van der Waals surface area contributed by atoms with Crippen LogP contribution in [0.15, 0.2) is 71.4 Å². The van der Waals surface area contributed by atoms with Gasteiger partial charge >= 0.3 is 5.97 Å². The smallest absolute Gasteiger partial charge is 0.363 e. The minimum absolute atomic E-state index is 0.104. The van der Waals surface area contributed by atoms with Gasteiger partial charge in [0.1, 0.15) is 5.82 Å². The number of ether oxygens (including phenoxy) is 1. The normalized spacial score (nSPS) is 15.6. The average Bonchev–Trinajstić information content (AvgIpc) is 2.89. The Kier molecular flexibility index (Phi) is 3.62. The summed E-state index contributed by atoms with van der Waals surface area (Å²) in [5.74, 6) is -1.59. The number of cyclic esters (lactones) is 1. The average molecular weight is 295 g/mol. The van der Waals surface area contributed by atoms with E-state index in [-0.39, 0.29) is 17.2 Å². The van der Waals surface area contributed by atoms with Gasteiger partial charge in [0.15, 0.2) is 11.5 Å². The molecule has 108 valence electrons. The van der Waals surface area contributed by atoms with E-state index >= 15 is 0 Å². The summed E-state index contributed by atoms with van der Waals surface area (Å²) < 4.78 is 18.1. The largest absolute Gasteiger partial charge is 0.402 e. The van der Waals surface area contributed by atoms with Gasteiger partial charge in [-0.2, -0.15) is 0 Å². The molecule has 0 radical (unpaired) electrons. The van der Waals surface area contributed by atoms with Gasteiger partial charge in [-0.3, -0.25) is 4.79 Å². The minimum atomic E-state index is -0.705. The summed E-state index contributed by atoms with van der Waals surface area (Å²) in [5.41, 5.74) is 0.675. The first-order valence-electron chi connectivity index (χ1n) is 6.51. The highest BCUT2D eigenvalue weighted by Gasteiger charge is 2.25. The molecular formula is C17H10FNO3. The molecule has 0 atom stereocenters. The van der Waals surface area contributed by atoms with E-state index in [0.29, 0.717) is 5.56 Å². The van der Waals surface area contributed by atoms with Crippen LogP contribution in [-0.4, -0.2) is 17.7 Å². The zero-order valence-electron chi connectivity index (χ0n) is 11.3. The van der Waals surface area contributed by atoms with Gasteiger partial charge < -0.3 is 4.74 Å². The maximum Gasteiger partial charge on any atom is 0.363 e. The number of halogens is 1. The van der Waals surface area contributed by atoms with E-state index in [2.05, 4.69) is 4.99 Å². The maximum absolute atomic E-state index is 13.1. The first-order valence-corrected chi connectivity index (χ1v) is 6.51. The van der Waals surface area contributed by atoms with E-state index in [1.54, 1.807) is 24.3 Å². The molecule has 0 spiro atoms. The lowest BCUT2D eigenvalue weighted by Gasteiger charge is -1.97. The molecule has 5 heteroatoms. The molecule has 0 aliphatic carbocycles. The highest BCUT2D eigenvalue weighted by Crippen LogP contribution is 2.17. The number of hydrogen-bond donors (Lipinski definition) is 0. The van der Waals surface area contributed by atoms with Gasteiger partial charge in [-0.1, -0.05) is 30.3 Å². The van der Waals surface area contributed by atoms with Crippen LogP contribution in [0.5, 0.6) is 0 Å². The van der Waals surface area contributed by atoms with Crippen molar-refractivity contribution in [2.24, 2.45) is 4.99 Å². The summed E-state index contributed by atoms with van der Waals surface area (Å²) in [6.07, 6.45) is 1.05. The summed E-state index contributed by atoms with van der Waals surface area (Å²) in [4.78, 5) is 27.8. The molecule has 0 unspecified atom stereocenters. The predicted octanol–water partition coefficient (Wildman–Crippen LogP) is 2.90. The number of carbonyl (C=O) groups excluding carboxylic acids is 2.